The molecule has 2 aromatic heterocycles. The molecule has 4 rings (SSSR count). The predicted molar refractivity (Wildman–Crippen MR) is 127 cm³/mol. The Kier molecular flexibility index (Phi) is 6.60. The number of thiazole rings is 1. The van der Waals surface area contributed by atoms with Crippen LogP contribution in [0.5, 0.6) is 11.5 Å². The summed E-state index contributed by atoms with van der Waals surface area (Å²) in [7, 11) is 1.61. The highest BCUT2D eigenvalue weighted by atomic mass is 32.1. The fourth-order valence-electron chi connectivity index (χ4n) is 3.61. The number of aryl methyl sites for hydroxylation is 1. The smallest absolute Gasteiger partial charge is 0.285 e. The third-order valence-corrected chi connectivity index (χ3v) is 6.32. The maximum absolute atomic E-state index is 13.3. The zero-order chi connectivity index (χ0) is 23.5. The third kappa shape index (κ3) is 4.83. The number of pyridine rings is 1. The second-order valence-electron chi connectivity index (χ2n) is 7.96. The maximum Gasteiger partial charge on any atom is 0.285 e. The van der Waals surface area contributed by atoms with Crippen LogP contribution in [0.2, 0.25) is 0 Å². The van der Waals surface area contributed by atoms with Crippen LogP contribution in [0.15, 0.2) is 47.7 Å². The van der Waals surface area contributed by atoms with Gasteiger partial charge in [0.1, 0.15) is 4.88 Å². The molecular formula is C24H26N4O4S. The number of hydrazone groups is 1. The molecule has 0 aliphatic carbocycles. The molecule has 0 fully saturated rings. The summed E-state index contributed by atoms with van der Waals surface area (Å²) in [5, 5.41) is 18.8. The Morgan fingerprint density at radius 1 is 1.24 bits per heavy atom. The molecule has 0 unspecified atom stereocenters. The molecule has 0 spiro atoms. The Hall–Kier alpha value is -3.46. The van der Waals surface area contributed by atoms with Crippen LogP contribution in [0.25, 0.3) is 10.7 Å². The van der Waals surface area contributed by atoms with Crippen molar-refractivity contribution in [1.82, 2.24) is 9.99 Å². The van der Waals surface area contributed by atoms with E-state index in [1.54, 1.807) is 32.2 Å². The first-order chi connectivity index (χ1) is 15.9. The summed E-state index contributed by atoms with van der Waals surface area (Å²) in [6.07, 6.45) is 2.97. The van der Waals surface area contributed by atoms with Crippen LogP contribution >= 0.6 is 11.3 Å². The summed E-state index contributed by atoms with van der Waals surface area (Å²) in [6, 6.07) is 10.8. The number of carbonyl (C=O) groups is 1. The van der Waals surface area contributed by atoms with Gasteiger partial charge in [-0.3, -0.25) is 4.79 Å². The van der Waals surface area contributed by atoms with Gasteiger partial charge in [-0.05, 0) is 57.9 Å². The number of amides is 1. The van der Waals surface area contributed by atoms with E-state index in [1.807, 2.05) is 32.0 Å². The van der Waals surface area contributed by atoms with Crippen molar-refractivity contribution in [2.24, 2.45) is 5.10 Å². The lowest BCUT2D eigenvalue weighted by Gasteiger charge is -2.24. The second kappa shape index (κ2) is 9.58. The first-order valence-corrected chi connectivity index (χ1v) is 11.6. The van der Waals surface area contributed by atoms with E-state index in [4.69, 9.17) is 9.47 Å². The molecule has 1 aromatic carbocycles. The number of hydrogen-bond donors (Lipinski definition) is 0. The lowest BCUT2D eigenvalue weighted by Crippen LogP contribution is -2.32. The molecule has 172 valence electrons. The van der Waals surface area contributed by atoms with Crippen molar-refractivity contribution in [2.75, 3.05) is 13.7 Å². The average molecular weight is 467 g/mol. The van der Waals surface area contributed by atoms with Crippen molar-refractivity contribution in [3.05, 3.63) is 63.9 Å². The van der Waals surface area contributed by atoms with Crippen molar-refractivity contribution in [1.29, 1.82) is 0 Å². The minimum atomic E-state index is -0.214. The van der Waals surface area contributed by atoms with Crippen LogP contribution in [0.3, 0.4) is 0 Å². The molecular weight excluding hydrogens is 440 g/mol. The van der Waals surface area contributed by atoms with Gasteiger partial charge in [0, 0.05) is 24.2 Å². The van der Waals surface area contributed by atoms with Crippen LogP contribution in [0, 0.1) is 12.1 Å². The third-order valence-electron chi connectivity index (χ3n) is 5.15. The maximum atomic E-state index is 13.3. The quantitative estimate of drug-likeness (QED) is 0.401. The molecule has 0 saturated heterocycles. The van der Waals surface area contributed by atoms with E-state index >= 15 is 0 Å². The number of aromatic nitrogens is 2. The van der Waals surface area contributed by atoms with Gasteiger partial charge in [-0.1, -0.05) is 0 Å². The number of ether oxygens (including phenoxy) is 2. The van der Waals surface area contributed by atoms with Crippen LogP contribution in [-0.2, 0) is 0 Å². The predicted octanol–water partition coefficient (Wildman–Crippen LogP) is 4.19. The van der Waals surface area contributed by atoms with Gasteiger partial charge in [0.05, 0.1) is 24.6 Å². The topological polar surface area (TPSA) is 91.0 Å². The number of nitrogens with zero attached hydrogens (tertiary/aromatic N) is 4. The second-order valence-corrected chi connectivity index (χ2v) is 8.96. The minimum Gasteiger partial charge on any atom is -0.618 e. The number of benzene rings is 1. The molecule has 1 aliphatic heterocycles. The lowest BCUT2D eigenvalue weighted by atomic mass is 10.0. The Labute approximate surface area is 196 Å². The summed E-state index contributed by atoms with van der Waals surface area (Å²) < 4.78 is 12.0. The standard InChI is InChI=1S/C24H26N4O4S/c1-15(2)32-21-14-17(10-11-20(21)31-4)18-8-7-12-27(26-18)24(29)22-16(3)25-23(33-22)19-9-5-6-13-28(19)30/h5-6,9-11,13-15H,7-8,12H2,1-4H3. The summed E-state index contributed by atoms with van der Waals surface area (Å²) in [5.41, 5.74) is 2.71. The number of methoxy groups -OCH3 is 1. The van der Waals surface area contributed by atoms with Gasteiger partial charge in [0.25, 0.3) is 11.6 Å². The molecule has 1 aliphatic rings. The van der Waals surface area contributed by atoms with E-state index in [2.05, 4.69) is 10.1 Å². The summed E-state index contributed by atoms with van der Waals surface area (Å²) in [4.78, 5) is 18.2. The van der Waals surface area contributed by atoms with E-state index in [-0.39, 0.29) is 12.0 Å². The molecule has 0 bridgehead atoms. The van der Waals surface area contributed by atoms with Crippen LogP contribution in [0.4, 0.5) is 0 Å². The Morgan fingerprint density at radius 2 is 2.06 bits per heavy atom. The van der Waals surface area contributed by atoms with E-state index in [1.165, 1.54) is 22.5 Å². The van der Waals surface area contributed by atoms with Crippen LogP contribution in [-0.4, -0.2) is 41.4 Å². The van der Waals surface area contributed by atoms with Crippen molar-refractivity contribution in [2.45, 2.75) is 39.7 Å². The first kappa shape index (κ1) is 22.7. The summed E-state index contributed by atoms with van der Waals surface area (Å²) in [6.45, 7) is 6.21. The molecule has 0 atom stereocenters. The molecule has 8 nitrogen and oxygen atoms in total. The van der Waals surface area contributed by atoms with Gasteiger partial charge in [-0.2, -0.15) is 9.83 Å². The zero-order valence-corrected chi connectivity index (χ0v) is 19.9. The monoisotopic (exact) mass is 466 g/mol. The zero-order valence-electron chi connectivity index (χ0n) is 19.1. The van der Waals surface area contributed by atoms with Crippen molar-refractivity contribution in [3.63, 3.8) is 0 Å². The fraction of sp³-hybridized carbons (Fsp3) is 0.333. The van der Waals surface area contributed by atoms with Gasteiger partial charge < -0.3 is 14.7 Å². The van der Waals surface area contributed by atoms with Gasteiger partial charge in [0.2, 0.25) is 0 Å². The van der Waals surface area contributed by atoms with E-state index in [9.17, 15) is 10.0 Å². The minimum absolute atomic E-state index is 0.00133. The van der Waals surface area contributed by atoms with Gasteiger partial charge >= 0.3 is 0 Å². The molecule has 1 amide bonds. The molecule has 33 heavy (non-hydrogen) atoms. The highest BCUT2D eigenvalue weighted by Crippen LogP contribution is 2.31. The Morgan fingerprint density at radius 3 is 2.79 bits per heavy atom. The van der Waals surface area contributed by atoms with Crippen molar-refractivity contribution < 1.29 is 19.0 Å². The Bertz CT molecular complexity index is 1200. The first-order valence-electron chi connectivity index (χ1n) is 10.8. The van der Waals surface area contributed by atoms with Crippen molar-refractivity contribution >= 4 is 23.0 Å². The SMILES string of the molecule is COc1ccc(C2=NN(C(=O)c3sc(-c4cccc[n+]4[O-])nc3C)CCC2)cc1OC(C)C. The van der Waals surface area contributed by atoms with Gasteiger partial charge in [-0.15, -0.1) is 11.3 Å². The lowest BCUT2D eigenvalue weighted by molar-refractivity contribution is -0.593. The van der Waals surface area contributed by atoms with Gasteiger partial charge in [-0.25, -0.2) is 9.99 Å². The van der Waals surface area contributed by atoms with Crippen LogP contribution < -0.4 is 14.2 Å². The van der Waals surface area contributed by atoms with Crippen molar-refractivity contribution in [3.8, 4) is 22.2 Å². The molecule has 0 radical (unpaired) electrons. The highest BCUT2D eigenvalue weighted by Gasteiger charge is 2.26. The normalized spacial score (nSPS) is 13.7. The largest absolute Gasteiger partial charge is 0.618 e. The molecule has 3 aromatic rings. The average Bonchev–Trinajstić information content (AvgIpc) is 3.19. The number of carbonyl (C=O) groups excluding carboxylic acids is 1. The fourth-order valence-corrected chi connectivity index (χ4v) is 4.63. The molecule has 0 N–H and O–H groups in total. The van der Waals surface area contributed by atoms with Gasteiger partial charge in [0.15, 0.2) is 22.7 Å². The number of rotatable bonds is 6. The highest BCUT2D eigenvalue weighted by molar-refractivity contribution is 7.17. The van der Waals surface area contributed by atoms with E-state index in [0.717, 1.165) is 28.8 Å². The van der Waals surface area contributed by atoms with E-state index < -0.39 is 0 Å². The molecule has 0 saturated carbocycles. The Balaban J connectivity index is 1.62. The van der Waals surface area contributed by atoms with E-state index in [0.29, 0.717) is 39.3 Å². The molecule has 9 heteroatoms. The summed E-state index contributed by atoms with van der Waals surface area (Å²) in [5.74, 6) is 1.09. The number of hydrogen-bond acceptors (Lipinski definition) is 7. The van der Waals surface area contributed by atoms with Crippen LogP contribution in [0.1, 0.15) is 47.6 Å². The summed E-state index contributed by atoms with van der Waals surface area (Å²) >= 11 is 1.21. The molecule has 3 heterocycles.